The largest absolute Gasteiger partial charge is 0.477 e. The minimum Gasteiger partial charge on any atom is -0.477 e. The fourth-order valence-corrected chi connectivity index (χ4v) is 3.35. The Morgan fingerprint density at radius 1 is 1.39 bits per heavy atom. The first-order chi connectivity index (χ1) is 8.16. The number of aromatic carboxylic acids is 1. The van der Waals surface area contributed by atoms with Gasteiger partial charge in [0.15, 0.2) is 0 Å². The maximum Gasteiger partial charge on any atom is 0.352 e. The molecule has 1 aromatic rings. The number of aryl methyl sites for hydroxylation is 1. The first kappa shape index (κ1) is 14.7. The maximum absolute atomic E-state index is 12.1. The molecule has 1 heterocycles. The third-order valence-electron chi connectivity index (χ3n) is 2.53. The van der Waals surface area contributed by atoms with E-state index in [1.165, 1.54) is 6.92 Å². The normalized spacial score (nSPS) is 12.1. The smallest absolute Gasteiger partial charge is 0.352 e. The van der Waals surface area contributed by atoms with Crippen LogP contribution in [0, 0.1) is 19.8 Å². The van der Waals surface area contributed by atoms with E-state index in [4.69, 9.17) is 5.11 Å². The van der Waals surface area contributed by atoms with Gasteiger partial charge in [0, 0.05) is 17.8 Å². The molecule has 0 spiro atoms. The Kier molecular flexibility index (Phi) is 4.18. The molecule has 3 N–H and O–H groups in total. The maximum atomic E-state index is 12.1. The number of hydrogen-bond donors (Lipinski definition) is 3. The van der Waals surface area contributed by atoms with Gasteiger partial charge in [-0.05, 0) is 19.8 Å². The summed E-state index contributed by atoms with van der Waals surface area (Å²) in [7, 11) is -3.67. The fraction of sp³-hybridized carbons (Fsp3) is 0.545. The standard InChI is InChI=1S/C11H18N2O4S/c1-6(2)5-12-18(16,17)10-7(3)9(11(14)15)13-8(10)4/h6,12-13H,5H2,1-4H3,(H,14,15). The number of aromatic nitrogens is 1. The molecule has 7 heteroatoms. The minimum atomic E-state index is -3.67. The van der Waals surface area contributed by atoms with Crippen LogP contribution < -0.4 is 4.72 Å². The average molecular weight is 274 g/mol. The topological polar surface area (TPSA) is 99.3 Å². The summed E-state index contributed by atoms with van der Waals surface area (Å²) in [6, 6.07) is 0. The lowest BCUT2D eigenvalue weighted by atomic mass is 10.2. The van der Waals surface area contributed by atoms with E-state index in [1.807, 2.05) is 13.8 Å². The molecule has 0 aliphatic rings. The zero-order valence-electron chi connectivity index (χ0n) is 10.9. The molecular formula is C11H18N2O4S. The van der Waals surface area contributed by atoms with E-state index in [2.05, 4.69) is 9.71 Å². The van der Waals surface area contributed by atoms with Crippen molar-refractivity contribution in [3.05, 3.63) is 17.0 Å². The number of sulfonamides is 1. The highest BCUT2D eigenvalue weighted by atomic mass is 32.2. The molecule has 102 valence electrons. The molecule has 0 atom stereocenters. The van der Waals surface area contributed by atoms with E-state index >= 15 is 0 Å². The Labute approximate surface area is 106 Å². The second kappa shape index (κ2) is 5.11. The highest BCUT2D eigenvalue weighted by Crippen LogP contribution is 2.23. The molecule has 1 rings (SSSR count). The zero-order valence-corrected chi connectivity index (χ0v) is 11.7. The minimum absolute atomic E-state index is 0.0283. The second-order valence-corrected chi connectivity index (χ2v) is 6.33. The molecule has 0 amide bonds. The third-order valence-corrected chi connectivity index (χ3v) is 4.23. The van der Waals surface area contributed by atoms with Crippen LogP contribution in [0.3, 0.4) is 0 Å². The van der Waals surface area contributed by atoms with Gasteiger partial charge in [-0.3, -0.25) is 0 Å². The molecule has 0 fully saturated rings. The van der Waals surface area contributed by atoms with Crippen LogP contribution in [0.5, 0.6) is 0 Å². The summed E-state index contributed by atoms with van der Waals surface area (Å²) in [4.78, 5) is 13.5. The highest BCUT2D eigenvalue weighted by Gasteiger charge is 2.26. The summed E-state index contributed by atoms with van der Waals surface area (Å²) >= 11 is 0. The molecule has 1 aromatic heterocycles. The van der Waals surface area contributed by atoms with Gasteiger partial charge in [0.25, 0.3) is 0 Å². The van der Waals surface area contributed by atoms with E-state index in [1.54, 1.807) is 6.92 Å². The van der Waals surface area contributed by atoms with Gasteiger partial charge in [0.1, 0.15) is 10.6 Å². The van der Waals surface area contributed by atoms with Gasteiger partial charge in [0.05, 0.1) is 0 Å². The van der Waals surface area contributed by atoms with Gasteiger partial charge in [-0.1, -0.05) is 13.8 Å². The van der Waals surface area contributed by atoms with Crippen LogP contribution in [0.1, 0.15) is 35.6 Å². The monoisotopic (exact) mass is 274 g/mol. The van der Waals surface area contributed by atoms with Crippen LogP contribution in [0.2, 0.25) is 0 Å². The Bertz CT molecular complexity index is 558. The van der Waals surface area contributed by atoms with Gasteiger partial charge in [-0.2, -0.15) is 0 Å². The SMILES string of the molecule is Cc1[nH]c(C(=O)O)c(C)c1S(=O)(=O)NCC(C)C. The van der Waals surface area contributed by atoms with Gasteiger partial charge < -0.3 is 10.1 Å². The van der Waals surface area contributed by atoms with Crippen molar-refractivity contribution < 1.29 is 18.3 Å². The second-order valence-electron chi connectivity index (χ2n) is 4.63. The van der Waals surface area contributed by atoms with Crippen LogP contribution in [0.15, 0.2) is 4.90 Å². The van der Waals surface area contributed by atoms with Crippen molar-refractivity contribution >= 4 is 16.0 Å². The zero-order chi connectivity index (χ0) is 14.1. The van der Waals surface area contributed by atoms with Crippen molar-refractivity contribution in [3.63, 3.8) is 0 Å². The molecule has 6 nitrogen and oxygen atoms in total. The lowest BCUT2D eigenvalue weighted by Crippen LogP contribution is -2.28. The Hall–Kier alpha value is -1.34. The van der Waals surface area contributed by atoms with Gasteiger partial charge in [0.2, 0.25) is 10.0 Å². The summed E-state index contributed by atoms with van der Waals surface area (Å²) < 4.78 is 26.6. The molecule has 0 aliphatic heterocycles. The number of H-pyrrole nitrogens is 1. The molecule has 0 saturated carbocycles. The predicted molar refractivity (Wildman–Crippen MR) is 67.3 cm³/mol. The average Bonchev–Trinajstić information content (AvgIpc) is 2.52. The van der Waals surface area contributed by atoms with Crippen LogP contribution in [-0.4, -0.2) is 31.0 Å². The fourth-order valence-electron chi connectivity index (χ4n) is 1.70. The molecular weight excluding hydrogens is 256 g/mol. The van der Waals surface area contributed by atoms with Crippen LogP contribution in [0.25, 0.3) is 0 Å². The molecule has 18 heavy (non-hydrogen) atoms. The summed E-state index contributed by atoms with van der Waals surface area (Å²) in [5.74, 6) is -0.987. The molecule has 0 aliphatic carbocycles. The summed E-state index contributed by atoms with van der Waals surface area (Å²) in [5, 5.41) is 8.94. The van der Waals surface area contributed by atoms with E-state index in [-0.39, 0.29) is 22.1 Å². The van der Waals surface area contributed by atoms with Crippen molar-refractivity contribution in [2.45, 2.75) is 32.6 Å². The molecule has 0 bridgehead atoms. The quantitative estimate of drug-likeness (QED) is 0.752. The summed E-state index contributed by atoms with van der Waals surface area (Å²) in [5.41, 5.74) is 0.481. The Balaban J connectivity index is 3.21. The van der Waals surface area contributed by atoms with Crippen LogP contribution in [-0.2, 0) is 10.0 Å². The number of carboxylic acid groups (broad SMARTS) is 1. The van der Waals surface area contributed by atoms with Gasteiger partial charge >= 0.3 is 5.97 Å². The van der Waals surface area contributed by atoms with Crippen molar-refractivity contribution in [2.24, 2.45) is 5.92 Å². The number of hydrogen-bond acceptors (Lipinski definition) is 3. The lowest BCUT2D eigenvalue weighted by Gasteiger charge is -2.09. The van der Waals surface area contributed by atoms with Crippen molar-refractivity contribution in [1.29, 1.82) is 0 Å². The van der Waals surface area contributed by atoms with E-state index in [0.717, 1.165) is 0 Å². The van der Waals surface area contributed by atoms with Crippen molar-refractivity contribution in [1.82, 2.24) is 9.71 Å². The predicted octanol–water partition coefficient (Wildman–Crippen LogP) is 1.26. The molecule has 0 radical (unpaired) electrons. The Morgan fingerprint density at radius 3 is 2.33 bits per heavy atom. The van der Waals surface area contributed by atoms with Crippen molar-refractivity contribution in [2.75, 3.05) is 6.54 Å². The highest BCUT2D eigenvalue weighted by molar-refractivity contribution is 7.89. The van der Waals surface area contributed by atoms with Gasteiger partial charge in [-0.15, -0.1) is 0 Å². The lowest BCUT2D eigenvalue weighted by molar-refractivity contribution is 0.0690. The number of nitrogens with one attached hydrogen (secondary N) is 2. The first-order valence-electron chi connectivity index (χ1n) is 5.59. The number of carboxylic acids is 1. The molecule has 0 saturated heterocycles. The van der Waals surface area contributed by atoms with E-state index in [9.17, 15) is 13.2 Å². The van der Waals surface area contributed by atoms with Crippen LogP contribution in [0.4, 0.5) is 0 Å². The Morgan fingerprint density at radius 2 is 1.94 bits per heavy atom. The van der Waals surface area contributed by atoms with E-state index in [0.29, 0.717) is 12.2 Å². The summed E-state index contributed by atoms with van der Waals surface area (Å²) in [6.07, 6.45) is 0. The van der Waals surface area contributed by atoms with Crippen molar-refractivity contribution in [3.8, 4) is 0 Å². The van der Waals surface area contributed by atoms with E-state index < -0.39 is 16.0 Å². The number of carbonyl (C=O) groups is 1. The molecule has 0 unspecified atom stereocenters. The summed E-state index contributed by atoms with van der Waals surface area (Å²) in [6.45, 7) is 7.12. The van der Waals surface area contributed by atoms with Gasteiger partial charge in [-0.25, -0.2) is 17.9 Å². The third kappa shape index (κ3) is 2.91. The van der Waals surface area contributed by atoms with Crippen LogP contribution >= 0.6 is 0 Å². The molecule has 0 aromatic carbocycles. The number of rotatable bonds is 5. The number of aromatic amines is 1. The first-order valence-corrected chi connectivity index (χ1v) is 7.07.